The molecule has 192 valence electrons. The van der Waals surface area contributed by atoms with E-state index >= 15 is 0 Å². The lowest BCUT2D eigenvalue weighted by Gasteiger charge is -2.39. The van der Waals surface area contributed by atoms with Gasteiger partial charge in [-0.15, -0.1) is 5.10 Å². The number of H-pyrrole nitrogens is 1. The van der Waals surface area contributed by atoms with Crippen LogP contribution in [0.15, 0.2) is 53.3 Å². The maximum atomic E-state index is 13.6. The highest BCUT2D eigenvalue weighted by Gasteiger charge is 2.33. The molecule has 0 aliphatic carbocycles. The Balaban J connectivity index is 1.39. The fourth-order valence-corrected chi connectivity index (χ4v) is 5.80. The average Bonchev–Trinajstić information content (AvgIpc) is 3.59. The molecule has 4 aromatic rings. The van der Waals surface area contributed by atoms with Gasteiger partial charge >= 0.3 is 0 Å². The molecule has 2 atom stereocenters. The lowest BCUT2D eigenvalue weighted by Crippen LogP contribution is -2.49. The van der Waals surface area contributed by atoms with E-state index < -0.39 is 0 Å². The van der Waals surface area contributed by atoms with Gasteiger partial charge in [0.1, 0.15) is 6.04 Å². The van der Waals surface area contributed by atoms with Gasteiger partial charge in [-0.05, 0) is 72.3 Å². The predicted octanol–water partition coefficient (Wildman–Crippen LogP) is 3.22. The van der Waals surface area contributed by atoms with E-state index in [1.807, 2.05) is 23.7 Å². The summed E-state index contributed by atoms with van der Waals surface area (Å²) in [5.74, 6) is 0.692. The van der Waals surface area contributed by atoms with Crippen molar-refractivity contribution in [2.45, 2.75) is 45.4 Å². The smallest absolute Gasteiger partial charge is 0.253 e. The van der Waals surface area contributed by atoms with E-state index in [1.54, 1.807) is 0 Å². The van der Waals surface area contributed by atoms with Crippen molar-refractivity contribution in [2.75, 3.05) is 37.7 Å². The first-order valence-electron chi connectivity index (χ1n) is 13.1. The summed E-state index contributed by atoms with van der Waals surface area (Å²) < 4.78 is 7.72. The third-order valence-corrected chi connectivity index (χ3v) is 7.62. The number of pyridine rings is 1. The first-order valence-corrected chi connectivity index (χ1v) is 13.1. The first kappa shape index (κ1) is 23.8. The van der Waals surface area contributed by atoms with Gasteiger partial charge in [0.2, 0.25) is 0 Å². The molecule has 2 aliphatic rings. The first-order chi connectivity index (χ1) is 18.1. The molecule has 9 heteroatoms. The van der Waals surface area contributed by atoms with Crippen LogP contribution in [0.25, 0.3) is 10.9 Å². The molecule has 0 saturated carbocycles. The van der Waals surface area contributed by atoms with Crippen molar-refractivity contribution in [2.24, 2.45) is 0 Å². The minimum absolute atomic E-state index is 0.0954. The molecule has 6 rings (SSSR count). The third-order valence-electron chi connectivity index (χ3n) is 7.62. The van der Waals surface area contributed by atoms with Crippen LogP contribution < -0.4 is 10.5 Å². The van der Waals surface area contributed by atoms with Crippen molar-refractivity contribution >= 4 is 16.6 Å². The van der Waals surface area contributed by atoms with Gasteiger partial charge in [0.15, 0.2) is 5.82 Å². The molecule has 2 aliphatic heterocycles. The number of hydrogen-bond donors (Lipinski definition) is 1. The molecule has 37 heavy (non-hydrogen) atoms. The van der Waals surface area contributed by atoms with Crippen LogP contribution in [0.4, 0.5) is 5.69 Å². The summed E-state index contributed by atoms with van der Waals surface area (Å²) in [6.45, 7) is 8.78. The van der Waals surface area contributed by atoms with Gasteiger partial charge in [-0.3, -0.25) is 9.69 Å². The number of rotatable bonds is 6. The van der Waals surface area contributed by atoms with E-state index in [0.29, 0.717) is 17.9 Å². The third kappa shape index (κ3) is 4.76. The molecule has 0 amide bonds. The monoisotopic (exact) mass is 499 g/mol. The molecule has 2 fully saturated rings. The van der Waals surface area contributed by atoms with Gasteiger partial charge in [0.05, 0.1) is 18.2 Å². The number of nitrogens with one attached hydrogen (secondary N) is 1. The van der Waals surface area contributed by atoms with Crippen LogP contribution in [0.3, 0.4) is 0 Å². The van der Waals surface area contributed by atoms with Crippen molar-refractivity contribution in [3.63, 3.8) is 0 Å². The van der Waals surface area contributed by atoms with Crippen LogP contribution in [-0.4, -0.2) is 69.0 Å². The summed E-state index contributed by atoms with van der Waals surface area (Å²) in [6.07, 6.45) is 2.14. The van der Waals surface area contributed by atoms with E-state index in [1.165, 1.54) is 11.3 Å². The van der Waals surface area contributed by atoms with Gasteiger partial charge < -0.3 is 14.6 Å². The van der Waals surface area contributed by atoms with Crippen LogP contribution in [0.1, 0.15) is 41.4 Å². The number of hydrogen-bond acceptors (Lipinski definition) is 7. The van der Waals surface area contributed by atoms with Crippen molar-refractivity contribution in [3.05, 3.63) is 81.4 Å². The number of aromatic amines is 1. The SMILES string of the molecule is Cc1cc(C)c2[nH]c(=O)c([C@H](c3nnnn3C[C@H]3CCCO3)N3CCN(c4ccccc4)CC3)cc2c1. The standard InChI is InChI=1S/C28H33N7O2/c1-19-15-20(2)25-21(16-19)17-24(28(36)29-25)26(27-30-31-32-35(27)18-23-9-6-14-37-23)34-12-10-33(11-13-34)22-7-4-3-5-8-22/h3-5,7-8,15-17,23,26H,6,9-14,18H2,1-2H3,(H,29,36)/t23-,26-/m1/s1. The number of aromatic nitrogens is 5. The maximum absolute atomic E-state index is 13.6. The van der Waals surface area contributed by atoms with E-state index in [9.17, 15) is 4.79 Å². The number of aryl methyl sites for hydroxylation is 2. The Morgan fingerprint density at radius 1 is 1.08 bits per heavy atom. The van der Waals surface area contributed by atoms with Crippen LogP contribution in [0, 0.1) is 13.8 Å². The molecule has 2 saturated heterocycles. The second kappa shape index (κ2) is 10.1. The predicted molar refractivity (Wildman–Crippen MR) is 143 cm³/mol. The highest BCUT2D eigenvalue weighted by Crippen LogP contribution is 2.30. The molecule has 2 aromatic heterocycles. The second-order valence-corrected chi connectivity index (χ2v) is 10.2. The van der Waals surface area contributed by atoms with Crippen molar-refractivity contribution in [1.29, 1.82) is 0 Å². The lowest BCUT2D eigenvalue weighted by atomic mass is 10.00. The van der Waals surface area contributed by atoms with Crippen molar-refractivity contribution in [3.8, 4) is 0 Å². The summed E-state index contributed by atoms with van der Waals surface area (Å²) in [5.41, 5.74) is 4.91. The Kier molecular flexibility index (Phi) is 6.48. The molecular formula is C28H33N7O2. The molecule has 2 aromatic carbocycles. The van der Waals surface area contributed by atoms with Crippen molar-refractivity contribution in [1.82, 2.24) is 30.1 Å². The second-order valence-electron chi connectivity index (χ2n) is 10.2. The summed E-state index contributed by atoms with van der Waals surface area (Å²) in [5, 5.41) is 13.9. The molecule has 0 spiro atoms. The lowest BCUT2D eigenvalue weighted by molar-refractivity contribution is 0.0906. The van der Waals surface area contributed by atoms with Crippen LogP contribution in [-0.2, 0) is 11.3 Å². The fourth-order valence-electron chi connectivity index (χ4n) is 5.80. The average molecular weight is 500 g/mol. The molecule has 4 heterocycles. The molecule has 9 nitrogen and oxygen atoms in total. The Morgan fingerprint density at radius 3 is 2.65 bits per heavy atom. The number of ether oxygens (including phenoxy) is 1. The van der Waals surface area contributed by atoms with Gasteiger partial charge in [-0.2, -0.15) is 0 Å². The van der Waals surface area contributed by atoms with Crippen LogP contribution in [0.2, 0.25) is 0 Å². The van der Waals surface area contributed by atoms with E-state index in [4.69, 9.17) is 4.74 Å². The Hall–Kier alpha value is -3.56. The van der Waals surface area contributed by atoms with E-state index in [-0.39, 0.29) is 17.7 Å². The fraction of sp³-hybridized carbons (Fsp3) is 0.429. The normalized spacial score (nSPS) is 19.5. The number of tetrazole rings is 1. The maximum Gasteiger partial charge on any atom is 0.253 e. The zero-order chi connectivity index (χ0) is 25.4. The molecule has 0 bridgehead atoms. The minimum Gasteiger partial charge on any atom is -0.376 e. The Bertz CT molecular complexity index is 1430. The minimum atomic E-state index is -0.358. The highest BCUT2D eigenvalue weighted by molar-refractivity contribution is 5.83. The number of para-hydroxylation sites is 1. The Morgan fingerprint density at radius 2 is 1.89 bits per heavy atom. The van der Waals surface area contributed by atoms with E-state index in [0.717, 1.165) is 62.1 Å². The number of nitrogens with zero attached hydrogens (tertiary/aromatic N) is 6. The summed E-state index contributed by atoms with van der Waals surface area (Å²) in [4.78, 5) is 21.5. The number of piperazine rings is 1. The van der Waals surface area contributed by atoms with Gasteiger partial charge in [-0.1, -0.05) is 29.8 Å². The van der Waals surface area contributed by atoms with Crippen LogP contribution in [0.5, 0.6) is 0 Å². The number of fused-ring (bicyclic) bond motifs is 1. The Labute approximate surface area is 216 Å². The number of anilines is 1. The quantitative estimate of drug-likeness (QED) is 0.435. The molecular weight excluding hydrogens is 466 g/mol. The summed E-state index contributed by atoms with van der Waals surface area (Å²) in [6, 6.07) is 16.4. The van der Waals surface area contributed by atoms with Gasteiger partial charge in [0, 0.05) is 44.0 Å². The van der Waals surface area contributed by atoms with Gasteiger partial charge in [0.25, 0.3) is 5.56 Å². The highest BCUT2D eigenvalue weighted by atomic mass is 16.5. The zero-order valence-corrected chi connectivity index (χ0v) is 21.4. The largest absolute Gasteiger partial charge is 0.376 e. The van der Waals surface area contributed by atoms with Crippen molar-refractivity contribution < 1.29 is 4.74 Å². The summed E-state index contributed by atoms with van der Waals surface area (Å²) in [7, 11) is 0. The summed E-state index contributed by atoms with van der Waals surface area (Å²) >= 11 is 0. The van der Waals surface area contributed by atoms with Gasteiger partial charge in [-0.25, -0.2) is 4.68 Å². The van der Waals surface area contributed by atoms with E-state index in [2.05, 4.69) is 73.6 Å². The molecule has 1 N–H and O–H groups in total. The molecule has 0 unspecified atom stereocenters. The van der Waals surface area contributed by atoms with Crippen LogP contribution >= 0.6 is 0 Å². The molecule has 0 radical (unpaired) electrons. The topological polar surface area (TPSA) is 92.2 Å². The number of benzene rings is 2. The zero-order valence-electron chi connectivity index (χ0n) is 21.4.